The fraction of sp³-hybridized carbons (Fsp3) is 0.812. The first kappa shape index (κ1) is 20.7. The molecule has 0 aromatic heterocycles. The van der Waals surface area contributed by atoms with Gasteiger partial charge in [0.2, 0.25) is 0 Å². The summed E-state index contributed by atoms with van der Waals surface area (Å²) in [6.07, 6.45) is 7.67. The highest BCUT2D eigenvalue weighted by Gasteiger charge is 2.19. The van der Waals surface area contributed by atoms with Crippen molar-refractivity contribution in [1.29, 1.82) is 0 Å². The van der Waals surface area contributed by atoms with Gasteiger partial charge >= 0.3 is 11.9 Å². The van der Waals surface area contributed by atoms with E-state index in [0.29, 0.717) is 6.42 Å². The van der Waals surface area contributed by atoms with Crippen molar-refractivity contribution in [1.82, 2.24) is 0 Å². The van der Waals surface area contributed by atoms with Crippen molar-refractivity contribution in [3.63, 3.8) is 0 Å². The number of unbranched alkanes of at least 4 members (excludes halogenated alkanes) is 6. The summed E-state index contributed by atoms with van der Waals surface area (Å²) >= 11 is 0. The van der Waals surface area contributed by atoms with E-state index in [1.165, 1.54) is 25.7 Å². The standard InChI is InChI=1S/C16H29NO5/c1-2-3-4-5-6-7-8-9-13(19)12-15(20)22-16(21)14(17)10-11-18/h14,18H,2-12,17H2,1H3/t14-/m0/s1. The highest BCUT2D eigenvalue weighted by molar-refractivity contribution is 5.99. The third-order valence-corrected chi connectivity index (χ3v) is 3.36. The van der Waals surface area contributed by atoms with Crippen LogP contribution in [-0.2, 0) is 19.1 Å². The van der Waals surface area contributed by atoms with Crippen LogP contribution in [0.1, 0.15) is 71.1 Å². The third-order valence-electron chi connectivity index (χ3n) is 3.36. The Morgan fingerprint density at radius 2 is 1.64 bits per heavy atom. The lowest BCUT2D eigenvalue weighted by atomic mass is 10.1. The zero-order chi connectivity index (χ0) is 16.8. The number of esters is 2. The first-order chi connectivity index (χ1) is 10.5. The molecule has 0 heterocycles. The lowest BCUT2D eigenvalue weighted by molar-refractivity contribution is -0.161. The molecule has 0 rings (SSSR count). The van der Waals surface area contributed by atoms with E-state index in [0.717, 1.165) is 19.3 Å². The maximum atomic E-state index is 11.6. The molecule has 0 saturated carbocycles. The number of rotatable bonds is 13. The molecular weight excluding hydrogens is 286 g/mol. The molecule has 3 N–H and O–H groups in total. The van der Waals surface area contributed by atoms with Crippen molar-refractivity contribution >= 4 is 17.7 Å². The Labute approximate surface area is 132 Å². The molecular formula is C16H29NO5. The number of aliphatic hydroxyl groups excluding tert-OH is 1. The average molecular weight is 315 g/mol. The summed E-state index contributed by atoms with van der Waals surface area (Å²) in [6.45, 7) is 1.90. The monoisotopic (exact) mass is 315 g/mol. The van der Waals surface area contributed by atoms with Gasteiger partial charge in [-0.05, 0) is 12.8 Å². The summed E-state index contributed by atoms with van der Waals surface area (Å²) in [4.78, 5) is 34.3. The summed E-state index contributed by atoms with van der Waals surface area (Å²) in [5.74, 6) is -1.99. The van der Waals surface area contributed by atoms with Crippen LogP contribution in [0.4, 0.5) is 0 Å². The first-order valence-corrected chi connectivity index (χ1v) is 8.13. The molecule has 0 amide bonds. The summed E-state index contributed by atoms with van der Waals surface area (Å²) in [7, 11) is 0. The van der Waals surface area contributed by atoms with Crippen LogP contribution < -0.4 is 5.73 Å². The van der Waals surface area contributed by atoms with Gasteiger partial charge in [-0.15, -0.1) is 0 Å². The smallest absolute Gasteiger partial charge is 0.330 e. The van der Waals surface area contributed by atoms with Crippen LogP contribution in [-0.4, -0.2) is 35.5 Å². The fourth-order valence-corrected chi connectivity index (χ4v) is 2.01. The molecule has 0 bridgehead atoms. The highest BCUT2D eigenvalue weighted by Crippen LogP contribution is 2.09. The number of aliphatic hydroxyl groups is 1. The number of Topliss-reactive ketones (excluding diaryl/α,β-unsaturated/α-hetero) is 1. The Morgan fingerprint density at radius 1 is 1.05 bits per heavy atom. The largest absolute Gasteiger partial charge is 0.396 e. The van der Waals surface area contributed by atoms with Crippen molar-refractivity contribution < 1.29 is 24.2 Å². The van der Waals surface area contributed by atoms with E-state index in [4.69, 9.17) is 10.8 Å². The van der Waals surface area contributed by atoms with Gasteiger partial charge in [-0.25, -0.2) is 4.79 Å². The van der Waals surface area contributed by atoms with E-state index in [1.807, 2.05) is 0 Å². The van der Waals surface area contributed by atoms with Gasteiger partial charge in [0.15, 0.2) is 0 Å². The van der Waals surface area contributed by atoms with Crippen LogP contribution >= 0.6 is 0 Å². The number of carbonyl (C=O) groups excluding carboxylic acids is 3. The van der Waals surface area contributed by atoms with E-state index < -0.39 is 24.4 Å². The maximum absolute atomic E-state index is 11.6. The lowest BCUT2D eigenvalue weighted by Crippen LogP contribution is -2.34. The summed E-state index contributed by atoms with van der Waals surface area (Å²) in [5, 5.41) is 8.63. The molecule has 6 nitrogen and oxygen atoms in total. The molecule has 0 radical (unpaired) electrons. The number of hydrogen-bond donors (Lipinski definition) is 2. The quantitative estimate of drug-likeness (QED) is 0.305. The number of nitrogens with two attached hydrogens (primary N) is 1. The number of carbonyl (C=O) groups is 3. The average Bonchev–Trinajstić information content (AvgIpc) is 2.46. The molecule has 0 spiro atoms. The molecule has 0 unspecified atom stereocenters. The minimum Gasteiger partial charge on any atom is -0.396 e. The van der Waals surface area contributed by atoms with E-state index in [9.17, 15) is 14.4 Å². The van der Waals surface area contributed by atoms with Gasteiger partial charge < -0.3 is 15.6 Å². The topological polar surface area (TPSA) is 107 Å². The highest BCUT2D eigenvalue weighted by atomic mass is 16.6. The van der Waals surface area contributed by atoms with Crippen molar-refractivity contribution in [2.24, 2.45) is 5.73 Å². The van der Waals surface area contributed by atoms with Crippen LogP contribution in [0.2, 0.25) is 0 Å². The molecule has 0 aromatic carbocycles. The fourth-order valence-electron chi connectivity index (χ4n) is 2.01. The summed E-state index contributed by atoms with van der Waals surface area (Å²) in [6, 6.07) is -1.04. The van der Waals surface area contributed by atoms with Gasteiger partial charge in [0, 0.05) is 13.0 Å². The number of ether oxygens (including phenoxy) is 1. The number of hydrogen-bond acceptors (Lipinski definition) is 6. The van der Waals surface area contributed by atoms with Gasteiger partial charge in [-0.2, -0.15) is 0 Å². The van der Waals surface area contributed by atoms with Crippen LogP contribution in [0.5, 0.6) is 0 Å². The molecule has 0 aliphatic rings. The normalized spacial score (nSPS) is 12.0. The Hall–Kier alpha value is -1.27. The minimum absolute atomic E-state index is 0.0259. The molecule has 22 heavy (non-hydrogen) atoms. The van der Waals surface area contributed by atoms with E-state index >= 15 is 0 Å². The Morgan fingerprint density at radius 3 is 2.23 bits per heavy atom. The molecule has 0 saturated heterocycles. The minimum atomic E-state index is -1.04. The van der Waals surface area contributed by atoms with Gasteiger partial charge in [-0.3, -0.25) is 9.59 Å². The van der Waals surface area contributed by atoms with Crippen LogP contribution in [0.15, 0.2) is 0 Å². The second kappa shape index (κ2) is 13.4. The second-order valence-corrected chi connectivity index (χ2v) is 5.50. The van der Waals surface area contributed by atoms with E-state index in [-0.39, 0.29) is 18.8 Å². The summed E-state index contributed by atoms with van der Waals surface area (Å²) < 4.78 is 4.47. The van der Waals surface area contributed by atoms with Gasteiger partial charge in [-0.1, -0.05) is 45.4 Å². The van der Waals surface area contributed by atoms with Gasteiger partial charge in [0.05, 0.1) is 0 Å². The third kappa shape index (κ3) is 11.4. The molecule has 0 fully saturated rings. The van der Waals surface area contributed by atoms with Gasteiger partial charge in [0.1, 0.15) is 18.2 Å². The van der Waals surface area contributed by atoms with Crippen molar-refractivity contribution in [3.05, 3.63) is 0 Å². The van der Waals surface area contributed by atoms with Gasteiger partial charge in [0.25, 0.3) is 0 Å². The predicted octanol–water partition coefficient (Wildman–Crippen LogP) is 1.87. The maximum Gasteiger partial charge on any atom is 0.330 e. The second-order valence-electron chi connectivity index (χ2n) is 5.50. The van der Waals surface area contributed by atoms with Crippen molar-refractivity contribution in [2.75, 3.05) is 6.61 Å². The molecule has 6 heteroatoms. The van der Waals surface area contributed by atoms with E-state index in [1.54, 1.807) is 0 Å². The number of ketones is 1. The Bertz CT molecular complexity index is 343. The molecule has 0 aromatic rings. The lowest BCUT2D eigenvalue weighted by Gasteiger charge is -2.08. The SMILES string of the molecule is CCCCCCCCCC(=O)CC(=O)OC(=O)[C@@H](N)CCO. The Balaban J connectivity index is 3.69. The zero-order valence-corrected chi connectivity index (χ0v) is 13.5. The van der Waals surface area contributed by atoms with Crippen LogP contribution in [0.3, 0.4) is 0 Å². The molecule has 0 aliphatic carbocycles. The predicted molar refractivity (Wildman–Crippen MR) is 83.0 cm³/mol. The van der Waals surface area contributed by atoms with E-state index in [2.05, 4.69) is 11.7 Å². The molecule has 0 aliphatic heterocycles. The zero-order valence-electron chi connectivity index (χ0n) is 13.5. The molecule has 1 atom stereocenters. The molecule has 128 valence electrons. The van der Waals surface area contributed by atoms with Crippen molar-refractivity contribution in [2.45, 2.75) is 77.2 Å². The van der Waals surface area contributed by atoms with Crippen LogP contribution in [0, 0.1) is 0 Å². The van der Waals surface area contributed by atoms with Crippen LogP contribution in [0.25, 0.3) is 0 Å². The first-order valence-electron chi connectivity index (χ1n) is 8.13. The van der Waals surface area contributed by atoms with Crippen molar-refractivity contribution in [3.8, 4) is 0 Å². The Kier molecular flexibility index (Phi) is 12.6. The summed E-state index contributed by atoms with van der Waals surface area (Å²) in [5.41, 5.74) is 5.38.